The Morgan fingerprint density at radius 2 is 1.86 bits per heavy atom. The van der Waals surface area contributed by atoms with Crippen molar-refractivity contribution in [1.29, 1.82) is 0 Å². The minimum Gasteiger partial charge on any atom is -0.394 e. The lowest BCUT2D eigenvalue weighted by Gasteiger charge is -2.39. The molecule has 1 fully saturated rings. The Balaban J connectivity index is 2.41. The normalized spacial score (nSPS) is 33.9. The molecule has 1 saturated heterocycles. The molecular weight excluding hydrogens is 292 g/mol. The molecule has 0 bridgehead atoms. The number of allylic oxidation sites excluding steroid dienone is 1. The van der Waals surface area contributed by atoms with E-state index >= 15 is 0 Å². The summed E-state index contributed by atoms with van der Waals surface area (Å²) in [5.74, 6) is 0. The third-order valence-electron chi connectivity index (χ3n) is 3.33. The van der Waals surface area contributed by atoms with Crippen LogP contribution in [0.15, 0.2) is 23.8 Å². The number of ether oxygens (including phenoxy) is 2. The molecule has 0 aromatic heterocycles. The van der Waals surface area contributed by atoms with Gasteiger partial charge in [-0.2, -0.15) is 0 Å². The Labute approximate surface area is 130 Å². The average Bonchev–Trinajstić information content (AvgIpc) is 2.49. The highest BCUT2D eigenvalue weighted by atomic mass is 16.7. The summed E-state index contributed by atoms with van der Waals surface area (Å²) < 4.78 is 10.4. The summed E-state index contributed by atoms with van der Waals surface area (Å²) in [6, 6.07) is 0. The van der Waals surface area contributed by atoms with Crippen molar-refractivity contribution in [1.82, 2.24) is 0 Å². The fraction of sp³-hybridized carbons (Fsp3) is 0.733. The van der Waals surface area contributed by atoms with Crippen molar-refractivity contribution in [2.75, 3.05) is 13.2 Å². The lowest BCUT2D eigenvalue weighted by Crippen LogP contribution is -2.59. The highest BCUT2D eigenvalue weighted by Crippen LogP contribution is 2.21. The maximum Gasteiger partial charge on any atom is 0.187 e. The SMILES string of the molecule is CC(C)=CC[C@H](O)/C=C/CO[C@@H]1O[C@H](CO)[C@@H](O)[C@H](O)[C@H]1O. The monoisotopic (exact) mass is 318 g/mol. The maximum absolute atomic E-state index is 9.75. The average molecular weight is 318 g/mol. The first-order chi connectivity index (χ1) is 10.4. The van der Waals surface area contributed by atoms with Crippen molar-refractivity contribution < 1.29 is 35.0 Å². The van der Waals surface area contributed by atoms with Gasteiger partial charge in [0.25, 0.3) is 0 Å². The van der Waals surface area contributed by atoms with Crippen molar-refractivity contribution in [3.05, 3.63) is 23.8 Å². The fourth-order valence-corrected chi connectivity index (χ4v) is 2.00. The maximum atomic E-state index is 9.75. The summed E-state index contributed by atoms with van der Waals surface area (Å²) >= 11 is 0. The van der Waals surface area contributed by atoms with Gasteiger partial charge in [0, 0.05) is 0 Å². The highest BCUT2D eigenvalue weighted by Gasteiger charge is 2.43. The van der Waals surface area contributed by atoms with Crippen molar-refractivity contribution in [3.8, 4) is 0 Å². The molecule has 0 unspecified atom stereocenters. The second-order valence-corrected chi connectivity index (χ2v) is 5.54. The van der Waals surface area contributed by atoms with Crippen LogP contribution < -0.4 is 0 Å². The van der Waals surface area contributed by atoms with Gasteiger partial charge in [-0.15, -0.1) is 0 Å². The quantitative estimate of drug-likeness (QED) is 0.385. The first kappa shape index (κ1) is 19.2. The Morgan fingerprint density at radius 1 is 1.18 bits per heavy atom. The lowest BCUT2D eigenvalue weighted by molar-refractivity contribution is -0.298. The molecule has 1 aliphatic heterocycles. The minimum absolute atomic E-state index is 0.0502. The van der Waals surface area contributed by atoms with Crippen molar-refractivity contribution in [2.45, 2.75) is 57.1 Å². The summed E-state index contributed by atoms with van der Waals surface area (Å²) in [7, 11) is 0. The Morgan fingerprint density at radius 3 is 2.45 bits per heavy atom. The molecule has 0 amide bonds. The summed E-state index contributed by atoms with van der Waals surface area (Å²) in [6.45, 7) is 3.44. The summed E-state index contributed by atoms with van der Waals surface area (Å²) in [5.41, 5.74) is 1.12. The molecule has 0 aromatic rings. The predicted octanol–water partition coefficient (Wildman–Crippen LogP) is -0.924. The Kier molecular flexibility index (Phi) is 8.19. The summed E-state index contributed by atoms with van der Waals surface area (Å²) in [4.78, 5) is 0. The van der Waals surface area contributed by atoms with Crippen molar-refractivity contribution in [2.24, 2.45) is 0 Å². The zero-order chi connectivity index (χ0) is 16.7. The van der Waals surface area contributed by atoms with Gasteiger partial charge in [0.15, 0.2) is 6.29 Å². The molecular formula is C15H26O7. The van der Waals surface area contributed by atoms with E-state index in [-0.39, 0.29) is 6.61 Å². The van der Waals surface area contributed by atoms with Crippen molar-refractivity contribution >= 4 is 0 Å². The van der Waals surface area contributed by atoms with Crippen LogP contribution in [0.3, 0.4) is 0 Å². The first-order valence-electron chi connectivity index (χ1n) is 7.27. The molecule has 7 heteroatoms. The van der Waals surface area contributed by atoms with Gasteiger partial charge in [0.2, 0.25) is 0 Å². The predicted molar refractivity (Wildman–Crippen MR) is 78.9 cm³/mol. The minimum atomic E-state index is -1.46. The fourth-order valence-electron chi connectivity index (χ4n) is 2.00. The molecule has 0 aliphatic carbocycles. The van der Waals surface area contributed by atoms with Gasteiger partial charge >= 0.3 is 0 Å². The highest BCUT2D eigenvalue weighted by molar-refractivity contribution is 4.99. The number of hydrogen-bond acceptors (Lipinski definition) is 7. The van der Waals surface area contributed by atoms with Crippen LogP contribution in [-0.4, -0.2) is 75.6 Å². The molecule has 7 nitrogen and oxygen atoms in total. The lowest BCUT2D eigenvalue weighted by atomic mass is 9.99. The molecule has 0 aromatic carbocycles. The Bertz CT molecular complexity index is 376. The van der Waals surface area contributed by atoms with E-state index in [1.54, 1.807) is 12.2 Å². The van der Waals surface area contributed by atoms with E-state index in [0.717, 1.165) is 5.57 Å². The van der Waals surface area contributed by atoms with Gasteiger partial charge in [-0.25, -0.2) is 0 Å². The third kappa shape index (κ3) is 5.77. The van der Waals surface area contributed by atoms with Crippen LogP contribution in [0.1, 0.15) is 20.3 Å². The number of aliphatic hydroxyl groups is 5. The van der Waals surface area contributed by atoms with Crippen LogP contribution in [0.25, 0.3) is 0 Å². The summed E-state index contributed by atoms with van der Waals surface area (Å²) in [6.07, 6.45) is -1.51. The second-order valence-electron chi connectivity index (χ2n) is 5.54. The van der Waals surface area contributed by atoms with Gasteiger partial charge in [0.05, 0.1) is 19.3 Å². The van der Waals surface area contributed by atoms with Gasteiger partial charge < -0.3 is 35.0 Å². The molecule has 5 N–H and O–H groups in total. The summed E-state index contributed by atoms with van der Waals surface area (Å²) in [5, 5.41) is 47.7. The molecule has 22 heavy (non-hydrogen) atoms. The van der Waals surface area contributed by atoms with E-state index in [9.17, 15) is 20.4 Å². The standard InChI is InChI=1S/C15H26O7/c1-9(2)5-6-10(17)4-3-7-21-15-14(20)13(19)12(18)11(8-16)22-15/h3-5,10-20H,6-8H2,1-2H3/b4-3+/t10-,11-,12-,13+,14-,15-/m1/s1. The zero-order valence-electron chi connectivity index (χ0n) is 12.9. The molecule has 0 saturated carbocycles. The van der Waals surface area contributed by atoms with Gasteiger partial charge in [-0.05, 0) is 20.3 Å². The van der Waals surface area contributed by atoms with E-state index in [4.69, 9.17) is 14.6 Å². The smallest absolute Gasteiger partial charge is 0.187 e. The van der Waals surface area contributed by atoms with E-state index in [0.29, 0.717) is 6.42 Å². The van der Waals surface area contributed by atoms with Crippen LogP contribution in [0.5, 0.6) is 0 Å². The van der Waals surface area contributed by atoms with Crippen LogP contribution in [0.4, 0.5) is 0 Å². The largest absolute Gasteiger partial charge is 0.394 e. The van der Waals surface area contributed by atoms with Crippen LogP contribution >= 0.6 is 0 Å². The van der Waals surface area contributed by atoms with Gasteiger partial charge in [-0.3, -0.25) is 0 Å². The molecule has 6 atom stereocenters. The number of rotatable bonds is 7. The van der Waals surface area contributed by atoms with Crippen LogP contribution in [0, 0.1) is 0 Å². The van der Waals surface area contributed by atoms with Gasteiger partial charge in [0.1, 0.15) is 24.4 Å². The molecule has 1 aliphatic rings. The Hall–Kier alpha value is -0.800. The topological polar surface area (TPSA) is 120 Å². The van der Waals surface area contributed by atoms with Crippen LogP contribution in [-0.2, 0) is 9.47 Å². The van der Waals surface area contributed by atoms with Crippen molar-refractivity contribution in [3.63, 3.8) is 0 Å². The molecule has 1 rings (SSSR count). The van der Waals surface area contributed by atoms with Gasteiger partial charge in [-0.1, -0.05) is 23.8 Å². The second kappa shape index (κ2) is 9.36. The molecule has 128 valence electrons. The molecule has 0 radical (unpaired) electrons. The number of hydrogen-bond donors (Lipinski definition) is 5. The van der Waals surface area contributed by atoms with E-state index in [1.807, 2.05) is 19.9 Å². The number of aliphatic hydroxyl groups excluding tert-OH is 5. The van der Waals surface area contributed by atoms with E-state index in [2.05, 4.69) is 0 Å². The van der Waals surface area contributed by atoms with Crippen LogP contribution in [0.2, 0.25) is 0 Å². The van der Waals surface area contributed by atoms with E-state index in [1.165, 1.54) is 0 Å². The molecule has 0 spiro atoms. The molecule has 1 heterocycles. The zero-order valence-corrected chi connectivity index (χ0v) is 12.9. The first-order valence-corrected chi connectivity index (χ1v) is 7.27. The third-order valence-corrected chi connectivity index (χ3v) is 3.33. The van der Waals surface area contributed by atoms with E-state index < -0.39 is 43.4 Å².